The monoisotopic (exact) mass is 339 g/mol. The number of piperazine rings is 1. The first-order valence-electron chi connectivity index (χ1n) is 7.41. The van der Waals surface area contributed by atoms with Crippen LogP contribution in [0.15, 0.2) is 18.2 Å². The van der Waals surface area contributed by atoms with Crippen LogP contribution in [0.3, 0.4) is 0 Å². The fourth-order valence-electron chi connectivity index (χ4n) is 2.47. The molecule has 1 fully saturated rings. The number of hydrogen-bond acceptors (Lipinski definition) is 6. The SMILES string of the molecule is COc1ccc(CSCC(=O)N2CCNC(C)C2)cc1[N+](=O)[O-]. The third-order valence-electron chi connectivity index (χ3n) is 3.66. The number of carbonyl (C=O) groups is 1. The molecule has 1 aromatic carbocycles. The Kier molecular flexibility index (Phi) is 6.23. The quantitative estimate of drug-likeness (QED) is 0.627. The van der Waals surface area contributed by atoms with E-state index in [1.165, 1.54) is 24.9 Å². The van der Waals surface area contributed by atoms with Crippen molar-refractivity contribution < 1.29 is 14.5 Å². The minimum absolute atomic E-state index is 0.0483. The van der Waals surface area contributed by atoms with E-state index in [0.717, 1.165) is 25.2 Å². The zero-order valence-electron chi connectivity index (χ0n) is 13.3. The summed E-state index contributed by atoms with van der Waals surface area (Å²) in [5.74, 6) is 1.30. The molecule has 1 aliphatic heterocycles. The van der Waals surface area contributed by atoms with Crippen molar-refractivity contribution in [1.82, 2.24) is 10.2 Å². The molecule has 2 rings (SSSR count). The number of nitro groups is 1. The largest absolute Gasteiger partial charge is 0.490 e. The van der Waals surface area contributed by atoms with Crippen LogP contribution in [0.1, 0.15) is 12.5 Å². The molecule has 1 amide bonds. The minimum Gasteiger partial charge on any atom is -0.490 e. The Labute approximate surface area is 139 Å². The molecule has 7 nitrogen and oxygen atoms in total. The first kappa shape index (κ1) is 17.6. The van der Waals surface area contributed by atoms with Crippen LogP contribution in [-0.2, 0) is 10.5 Å². The fourth-order valence-corrected chi connectivity index (χ4v) is 3.35. The van der Waals surface area contributed by atoms with Crippen LogP contribution < -0.4 is 10.1 Å². The lowest BCUT2D eigenvalue weighted by atomic mass is 10.2. The number of methoxy groups -OCH3 is 1. The number of amides is 1. The molecule has 1 heterocycles. The normalized spacial score (nSPS) is 17.8. The number of ether oxygens (including phenoxy) is 1. The molecule has 0 bridgehead atoms. The van der Waals surface area contributed by atoms with Crippen molar-refractivity contribution in [3.05, 3.63) is 33.9 Å². The summed E-state index contributed by atoms with van der Waals surface area (Å²) in [6.45, 7) is 4.34. The standard InChI is InChI=1S/C15H21N3O4S/c1-11-8-17(6-5-16-11)15(19)10-23-9-12-3-4-14(22-2)13(7-12)18(20)21/h3-4,7,11,16H,5-6,8-10H2,1-2H3. The summed E-state index contributed by atoms with van der Waals surface area (Å²) in [5.41, 5.74) is 0.761. The van der Waals surface area contributed by atoms with E-state index in [1.54, 1.807) is 12.1 Å². The number of rotatable bonds is 6. The second kappa shape index (κ2) is 8.16. The summed E-state index contributed by atoms with van der Waals surface area (Å²) >= 11 is 1.47. The Bertz CT molecular complexity index is 582. The number of carbonyl (C=O) groups excluding carboxylic acids is 1. The van der Waals surface area contributed by atoms with Crippen molar-refractivity contribution >= 4 is 23.4 Å². The van der Waals surface area contributed by atoms with Crippen molar-refractivity contribution in [1.29, 1.82) is 0 Å². The van der Waals surface area contributed by atoms with Gasteiger partial charge in [0.1, 0.15) is 0 Å². The summed E-state index contributed by atoms with van der Waals surface area (Å²) in [5, 5.41) is 14.3. The molecule has 0 aliphatic carbocycles. The Hall–Kier alpha value is -1.80. The van der Waals surface area contributed by atoms with Gasteiger partial charge in [-0.05, 0) is 18.6 Å². The van der Waals surface area contributed by atoms with Crippen molar-refractivity contribution in [2.75, 3.05) is 32.5 Å². The highest BCUT2D eigenvalue weighted by Gasteiger charge is 2.20. The summed E-state index contributed by atoms with van der Waals surface area (Å²) < 4.78 is 4.98. The highest BCUT2D eigenvalue weighted by Crippen LogP contribution is 2.29. The number of nitrogens with one attached hydrogen (secondary N) is 1. The molecule has 1 atom stereocenters. The summed E-state index contributed by atoms with van der Waals surface area (Å²) in [7, 11) is 1.41. The number of thioether (sulfide) groups is 1. The second-order valence-electron chi connectivity index (χ2n) is 5.45. The van der Waals surface area contributed by atoms with Gasteiger partial charge in [0, 0.05) is 37.5 Å². The summed E-state index contributed by atoms with van der Waals surface area (Å²) in [6, 6.07) is 5.20. The van der Waals surface area contributed by atoms with Crippen LogP contribution in [0.25, 0.3) is 0 Å². The van der Waals surface area contributed by atoms with Gasteiger partial charge in [-0.25, -0.2) is 0 Å². The number of nitrogens with zero attached hydrogens (tertiary/aromatic N) is 2. The van der Waals surface area contributed by atoms with Gasteiger partial charge in [0.25, 0.3) is 0 Å². The lowest BCUT2D eigenvalue weighted by Gasteiger charge is -2.31. The van der Waals surface area contributed by atoms with E-state index >= 15 is 0 Å². The molecule has 0 aromatic heterocycles. The smallest absolute Gasteiger partial charge is 0.311 e. The van der Waals surface area contributed by atoms with Crippen LogP contribution in [0.4, 0.5) is 5.69 Å². The zero-order valence-corrected chi connectivity index (χ0v) is 14.1. The Morgan fingerprint density at radius 1 is 1.57 bits per heavy atom. The molecular weight excluding hydrogens is 318 g/mol. The molecular formula is C15H21N3O4S. The minimum atomic E-state index is -0.458. The van der Waals surface area contributed by atoms with Crippen LogP contribution in [0, 0.1) is 10.1 Å². The predicted octanol–water partition coefficient (Wildman–Crippen LogP) is 1.66. The van der Waals surface area contributed by atoms with Crippen molar-refractivity contribution in [2.24, 2.45) is 0 Å². The van der Waals surface area contributed by atoms with E-state index in [-0.39, 0.29) is 17.3 Å². The fraction of sp³-hybridized carbons (Fsp3) is 0.533. The molecule has 0 saturated carbocycles. The van der Waals surface area contributed by atoms with E-state index < -0.39 is 4.92 Å². The summed E-state index contributed by atoms with van der Waals surface area (Å²) in [6.07, 6.45) is 0. The van der Waals surface area contributed by atoms with Crippen LogP contribution in [0.2, 0.25) is 0 Å². The zero-order chi connectivity index (χ0) is 16.8. The van der Waals surface area contributed by atoms with Gasteiger partial charge < -0.3 is 15.0 Å². The lowest BCUT2D eigenvalue weighted by molar-refractivity contribution is -0.385. The van der Waals surface area contributed by atoms with Crippen molar-refractivity contribution in [3.63, 3.8) is 0 Å². The van der Waals surface area contributed by atoms with E-state index in [2.05, 4.69) is 12.2 Å². The maximum absolute atomic E-state index is 12.2. The van der Waals surface area contributed by atoms with E-state index in [9.17, 15) is 14.9 Å². The number of benzene rings is 1. The highest BCUT2D eigenvalue weighted by atomic mass is 32.2. The molecule has 23 heavy (non-hydrogen) atoms. The Morgan fingerprint density at radius 2 is 2.35 bits per heavy atom. The van der Waals surface area contributed by atoms with Crippen LogP contribution >= 0.6 is 11.8 Å². The van der Waals surface area contributed by atoms with E-state index in [0.29, 0.717) is 17.5 Å². The van der Waals surface area contributed by atoms with Gasteiger partial charge in [0.15, 0.2) is 5.75 Å². The predicted molar refractivity (Wildman–Crippen MR) is 89.9 cm³/mol. The highest BCUT2D eigenvalue weighted by molar-refractivity contribution is 7.99. The lowest BCUT2D eigenvalue weighted by Crippen LogP contribution is -2.51. The molecule has 0 spiro atoms. The third-order valence-corrected chi connectivity index (χ3v) is 4.64. The first-order valence-corrected chi connectivity index (χ1v) is 8.57. The van der Waals surface area contributed by atoms with Gasteiger partial charge in [-0.2, -0.15) is 0 Å². The molecule has 1 N–H and O–H groups in total. The maximum Gasteiger partial charge on any atom is 0.311 e. The molecule has 0 radical (unpaired) electrons. The topological polar surface area (TPSA) is 84.7 Å². The first-order chi connectivity index (χ1) is 11.0. The molecule has 1 saturated heterocycles. The molecule has 8 heteroatoms. The maximum atomic E-state index is 12.2. The Morgan fingerprint density at radius 3 is 3.00 bits per heavy atom. The van der Waals surface area contributed by atoms with Crippen LogP contribution in [-0.4, -0.2) is 54.3 Å². The molecule has 1 aliphatic rings. The number of nitro benzene ring substituents is 1. The van der Waals surface area contributed by atoms with Gasteiger partial charge in [-0.1, -0.05) is 6.07 Å². The third kappa shape index (κ3) is 4.84. The summed E-state index contributed by atoms with van der Waals surface area (Å²) in [4.78, 5) is 24.6. The molecule has 1 unspecified atom stereocenters. The van der Waals surface area contributed by atoms with Gasteiger partial charge in [-0.15, -0.1) is 11.8 Å². The number of hydrogen-bond donors (Lipinski definition) is 1. The Balaban J connectivity index is 1.87. The molecule has 126 valence electrons. The van der Waals surface area contributed by atoms with Crippen LogP contribution in [0.5, 0.6) is 5.75 Å². The van der Waals surface area contributed by atoms with Crippen molar-refractivity contribution in [3.8, 4) is 5.75 Å². The molecule has 1 aromatic rings. The second-order valence-corrected chi connectivity index (χ2v) is 6.44. The van der Waals surface area contributed by atoms with Gasteiger partial charge >= 0.3 is 5.69 Å². The van der Waals surface area contributed by atoms with E-state index in [1.807, 2.05) is 4.90 Å². The van der Waals surface area contributed by atoms with Crippen molar-refractivity contribution in [2.45, 2.75) is 18.7 Å². The average Bonchev–Trinajstić information content (AvgIpc) is 2.54. The van der Waals surface area contributed by atoms with Gasteiger partial charge in [0.05, 0.1) is 17.8 Å². The van der Waals surface area contributed by atoms with Gasteiger partial charge in [0.2, 0.25) is 5.91 Å². The van der Waals surface area contributed by atoms with E-state index in [4.69, 9.17) is 4.74 Å². The average molecular weight is 339 g/mol. The van der Waals surface area contributed by atoms with Gasteiger partial charge in [-0.3, -0.25) is 14.9 Å².